The van der Waals surface area contributed by atoms with E-state index in [1.54, 1.807) is 30.3 Å². The number of halogens is 1. The third-order valence-electron chi connectivity index (χ3n) is 2.43. The summed E-state index contributed by atoms with van der Waals surface area (Å²) in [5.41, 5.74) is 12.9. The van der Waals surface area contributed by atoms with Gasteiger partial charge in [0.15, 0.2) is 0 Å². The first-order chi connectivity index (χ1) is 8.56. The van der Waals surface area contributed by atoms with Gasteiger partial charge in [-0.25, -0.2) is 4.39 Å². The second-order valence-electron chi connectivity index (χ2n) is 3.80. The molecule has 0 fully saturated rings. The molecular weight excluding hydrogens is 233 g/mol. The number of amides is 1. The average molecular weight is 245 g/mol. The maximum Gasteiger partial charge on any atom is 0.250 e. The molecule has 1 amide bonds. The number of nitrogens with one attached hydrogen (secondary N) is 1. The summed E-state index contributed by atoms with van der Waals surface area (Å²) in [4.78, 5) is 11.3. The number of primary amides is 1. The number of benzene rings is 2. The number of hydrogen-bond acceptors (Lipinski definition) is 3. The molecule has 2 rings (SSSR count). The molecule has 0 aliphatic carbocycles. The Morgan fingerprint density at radius 2 is 1.78 bits per heavy atom. The largest absolute Gasteiger partial charge is 0.399 e. The predicted octanol–water partition coefficient (Wildman–Crippen LogP) is 2.25. The molecule has 0 bridgehead atoms. The van der Waals surface area contributed by atoms with Crippen molar-refractivity contribution in [3.05, 3.63) is 53.8 Å². The van der Waals surface area contributed by atoms with Crippen LogP contribution in [-0.4, -0.2) is 5.91 Å². The normalized spacial score (nSPS) is 10.1. The molecule has 0 unspecified atom stereocenters. The lowest BCUT2D eigenvalue weighted by atomic mass is 10.1. The maximum atomic E-state index is 12.8. The molecule has 5 heteroatoms. The molecule has 0 heterocycles. The van der Waals surface area contributed by atoms with Crippen LogP contribution in [0.5, 0.6) is 0 Å². The van der Waals surface area contributed by atoms with Gasteiger partial charge in [0.1, 0.15) is 5.82 Å². The summed E-state index contributed by atoms with van der Waals surface area (Å²) < 4.78 is 12.8. The Kier molecular flexibility index (Phi) is 3.14. The van der Waals surface area contributed by atoms with Gasteiger partial charge in [-0.15, -0.1) is 0 Å². The van der Waals surface area contributed by atoms with Crippen molar-refractivity contribution >= 4 is 23.0 Å². The molecule has 5 N–H and O–H groups in total. The number of carbonyl (C=O) groups is 1. The quantitative estimate of drug-likeness (QED) is 0.725. The summed E-state index contributed by atoms with van der Waals surface area (Å²) in [6, 6.07) is 10.5. The third kappa shape index (κ3) is 2.57. The fourth-order valence-corrected chi connectivity index (χ4v) is 1.57. The van der Waals surface area contributed by atoms with Gasteiger partial charge in [-0.1, -0.05) is 0 Å². The molecule has 4 nitrogen and oxygen atoms in total. The Hall–Kier alpha value is -2.56. The van der Waals surface area contributed by atoms with E-state index in [4.69, 9.17) is 11.5 Å². The standard InChI is InChI=1S/C13H12FN3O/c14-8-1-4-10(5-2-8)17-12-7-9(15)3-6-11(12)13(16)18/h1-7,17H,15H2,(H2,16,18). The molecule has 92 valence electrons. The van der Waals surface area contributed by atoms with Gasteiger partial charge in [-0.3, -0.25) is 4.79 Å². The van der Waals surface area contributed by atoms with Gasteiger partial charge in [0.05, 0.1) is 11.3 Å². The minimum Gasteiger partial charge on any atom is -0.399 e. The molecule has 0 saturated heterocycles. The number of anilines is 3. The number of carbonyl (C=O) groups excluding carboxylic acids is 1. The van der Waals surface area contributed by atoms with Crippen LogP contribution in [0.15, 0.2) is 42.5 Å². The molecule has 2 aromatic rings. The lowest BCUT2D eigenvalue weighted by Gasteiger charge is -2.10. The van der Waals surface area contributed by atoms with Gasteiger partial charge in [0.25, 0.3) is 5.91 Å². The zero-order valence-corrected chi connectivity index (χ0v) is 9.48. The van der Waals surface area contributed by atoms with Crippen LogP contribution in [0.1, 0.15) is 10.4 Å². The van der Waals surface area contributed by atoms with Crippen molar-refractivity contribution in [2.45, 2.75) is 0 Å². The molecule has 18 heavy (non-hydrogen) atoms. The van der Waals surface area contributed by atoms with Crippen LogP contribution in [0, 0.1) is 5.82 Å². The summed E-state index contributed by atoms with van der Waals surface area (Å²) in [6.07, 6.45) is 0. The molecule has 0 radical (unpaired) electrons. The van der Waals surface area contributed by atoms with Gasteiger partial charge in [-0.2, -0.15) is 0 Å². The number of rotatable bonds is 3. The van der Waals surface area contributed by atoms with Gasteiger partial charge in [-0.05, 0) is 42.5 Å². The zero-order valence-electron chi connectivity index (χ0n) is 9.48. The average Bonchev–Trinajstić information content (AvgIpc) is 2.32. The maximum absolute atomic E-state index is 12.8. The van der Waals surface area contributed by atoms with E-state index >= 15 is 0 Å². The second-order valence-corrected chi connectivity index (χ2v) is 3.80. The highest BCUT2D eigenvalue weighted by molar-refractivity contribution is 5.99. The van der Waals surface area contributed by atoms with E-state index in [0.29, 0.717) is 22.6 Å². The van der Waals surface area contributed by atoms with Crippen molar-refractivity contribution in [1.82, 2.24) is 0 Å². The van der Waals surface area contributed by atoms with Crippen LogP contribution in [0.4, 0.5) is 21.5 Å². The molecule has 0 atom stereocenters. The van der Waals surface area contributed by atoms with E-state index in [-0.39, 0.29) is 5.82 Å². The lowest BCUT2D eigenvalue weighted by molar-refractivity contribution is 0.100. The summed E-state index contributed by atoms with van der Waals surface area (Å²) in [5.74, 6) is -0.886. The molecular formula is C13H12FN3O. The third-order valence-corrected chi connectivity index (χ3v) is 2.43. The van der Waals surface area contributed by atoms with Crippen molar-refractivity contribution < 1.29 is 9.18 Å². The van der Waals surface area contributed by atoms with Crippen molar-refractivity contribution in [2.24, 2.45) is 5.73 Å². The Morgan fingerprint density at radius 1 is 1.11 bits per heavy atom. The van der Waals surface area contributed by atoms with Crippen molar-refractivity contribution in [1.29, 1.82) is 0 Å². The first-order valence-electron chi connectivity index (χ1n) is 5.28. The Balaban J connectivity index is 2.35. The first kappa shape index (κ1) is 11.9. The molecule has 2 aromatic carbocycles. The summed E-state index contributed by atoms with van der Waals surface area (Å²) in [6.45, 7) is 0. The van der Waals surface area contributed by atoms with Crippen molar-refractivity contribution in [3.63, 3.8) is 0 Å². The van der Waals surface area contributed by atoms with E-state index in [1.807, 2.05) is 0 Å². The summed E-state index contributed by atoms with van der Waals surface area (Å²) >= 11 is 0. The number of nitrogens with two attached hydrogens (primary N) is 2. The van der Waals surface area contributed by atoms with E-state index in [0.717, 1.165) is 0 Å². The minimum atomic E-state index is -0.556. The summed E-state index contributed by atoms with van der Waals surface area (Å²) in [7, 11) is 0. The fraction of sp³-hybridized carbons (Fsp3) is 0. The van der Waals surface area contributed by atoms with Gasteiger partial charge in [0.2, 0.25) is 0 Å². The van der Waals surface area contributed by atoms with E-state index in [1.165, 1.54) is 12.1 Å². The molecule has 0 spiro atoms. The SMILES string of the molecule is NC(=O)c1ccc(N)cc1Nc1ccc(F)cc1. The monoisotopic (exact) mass is 245 g/mol. The van der Waals surface area contributed by atoms with Crippen LogP contribution in [-0.2, 0) is 0 Å². The molecule has 0 aromatic heterocycles. The Bertz CT molecular complexity index is 581. The molecule has 0 aliphatic heterocycles. The van der Waals surface area contributed by atoms with Gasteiger partial charge >= 0.3 is 0 Å². The van der Waals surface area contributed by atoms with E-state index in [2.05, 4.69) is 5.32 Å². The fourth-order valence-electron chi connectivity index (χ4n) is 1.57. The number of nitrogen functional groups attached to an aromatic ring is 1. The number of hydrogen-bond donors (Lipinski definition) is 3. The Morgan fingerprint density at radius 3 is 2.39 bits per heavy atom. The molecule has 0 saturated carbocycles. The van der Waals surface area contributed by atoms with E-state index in [9.17, 15) is 9.18 Å². The van der Waals surface area contributed by atoms with Gasteiger partial charge in [0, 0.05) is 11.4 Å². The summed E-state index contributed by atoms with van der Waals surface area (Å²) in [5, 5.41) is 2.97. The Labute approximate surface area is 103 Å². The van der Waals surface area contributed by atoms with Crippen molar-refractivity contribution in [2.75, 3.05) is 11.1 Å². The highest BCUT2D eigenvalue weighted by Gasteiger charge is 2.08. The molecule has 0 aliphatic rings. The highest BCUT2D eigenvalue weighted by atomic mass is 19.1. The van der Waals surface area contributed by atoms with Gasteiger partial charge < -0.3 is 16.8 Å². The van der Waals surface area contributed by atoms with Crippen LogP contribution in [0.3, 0.4) is 0 Å². The second kappa shape index (κ2) is 4.75. The first-order valence-corrected chi connectivity index (χ1v) is 5.28. The van der Waals surface area contributed by atoms with E-state index < -0.39 is 5.91 Å². The zero-order chi connectivity index (χ0) is 13.1. The van der Waals surface area contributed by atoms with Crippen LogP contribution in [0.25, 0.3) is 0 Å². The smallest absolute Gasteiger partial charge is 0.250 e. The van der Waals surface area contributed by atoms with Crippen LogP contribution >= 0.6 is 0 Å². The van der Waals surface area contributed by atoms with Crippen LogP contribution < -0.4 is 16.8 Å². The predicted molar refractivity (Wildman–Crippen MR) is 69.1 cm³/mol. The minimum absolute atomic E-state index is 0.327. The highest BCUT2D eigenvalue weighted by Crippen LogP contribution is 2.23. The lowest BCUT2D eigenvalue weighted by Crippen LogP contribution is -2.13. The topological polar surface area (TPSA) is 81.1 Å². The van der Waals surface area contributed by atoms with Crippen molar-refractivity contribution in [3.8, 4) is 0 Å². The van der Waals surface area contributed by atoms with Crippen LogP contribution in [0.2, 0.25) is 0 Å².